The molecule has 6 nitrogen and oxygen atoms in total. The van der Waals surface area contributed by atoms with Crippen molar-refractivity contribution in [2.75, 3.05) is 7.11 Å². The second-order valence-electron chi connectivity index (χ2n) is 5.46. The van der Waals surface area contributed by atoms with E-state index in [0.29, 0.717) is 23.7 Å². The summed E-state index contributed by atoms with van der Waals surface area (Å²) in [6, 6.07) is 10.9. The predicted octanol–water partition coefficient (Wildman–Crippen LogP) is 4.09. The maximum absolute atomic E-state index is 11.3. The van der Waals surface area contributed by atoms with Crippen LogP contribution in [0.3, 0.4) is 0 Å². The number of carbonyl (C=O) groups is 2. The first-order valence-electron chi connectivity index (χ1n) is 7.78. The van der Waals surface area contributed by atoms with Gasteiger partial charge in [-0.1, -0.05) is 29.8 Å². The van der Waals surface area contributed by atoms with Crippen molar-refractivity contribution in [2.45, 2.75) is 13.5 Å². The molecule has 0 bridgehead atoms. The van der Waals surface area contributed by atoms with Crippen molar-refractivity contribution in [2.24, 2.45) is 0 Å². The van der Waals surface area contributed by atoms with Crippen LogP contribution in [-0.4, -0.2) is 24.1 Å². The fourth-order valence-electron chi connectivity index (χ4n) is 2.24. The van der Waals surface area contributed by atoms with E-state index in [9.17, 15) is 14.7 Å². The zero-order chi connectivity index (χ0) is 20.0. The highest BCUT2D eigenvalue weighted by atomic mass is 127. The Kier molecular flexibility index (Phi) is 7.49. The molecule has 0 saturated heterocycles. The summed E-state index contributed by atoms with van der Waals surface area (Å²) < 4.78 is 12.2. The third-order valence-corrected chi connectivity index (χ3v) is 4.77. The number of halogens is 2. The molecule has 0 aliphatic heterocycles. The lowest BCUT2D eigenvalue weighted by atomic mass is 10.1. The quantitative estimate of drug-likeness (QED) is 0.441. The van der Waals surface area contributed by atoms with Crippen LogP contribution in [-0.2, 0) is 16.2 Å². The Bertz CT molecular complexity index is 898. The second kappa shape index (κ2) is 9.61. The van der Waals surface area contributed by atoms with Crippen molar-refractivity contribution in [1.82, 2.24) is 5.32 Å². The fraction of sp³-hybridized carbons (Fsp3) is 0.158. The van der Waals surface area contributed by atoms with Crippen LogP contribution in [0, 0.1) is 3.57 Å². The van der Waals surface area contributed by atoms with Gasteiger partial charge in [0.15, 0.2) is 11.5 Å². The maximum Gasteiger partial charge on any atom is 0.352 e. The van der Waals surface area contributed by atoms with Gasteiger partial charge in [-0.05, 0) is 52.4 Å². The van der Waals surface area contributed by atoms with Crippen molar-refractivity contribution in [3.05, 3.63) is 61.8 Å². The predicted molar refractivity (Wildman–Crippen MR) is 111 cm³/mol. The van der Waals surface area contributed by atoms with Gasteiger partial charge in [-0.2, -0.15) is 0 Å². The number of carbonyl (C=O) groups excluding carboxylic acids is 1. The van der Waals surface area contributed by atoms with Gasteiger partial charge in [0, 0.05) is 16.1 Å². The minimum atomic E-state index is -1.26. The number of rotatable bonds is 7. The first-order chi connectivity index (χ1) is 12.8. The molecule has 27 heavy (non-hydrogen) atoms. The number of aliphatic carboxylic acids is 1. The summed E-state index contributed by atoms with van der Waals surface area (Å²) in [7, 11) is 1.46. The lowest BCUT2D eigenvalue weighted by Crippen LogP contribution is -2.24. The zero-order valence-electron chi connectivity index (χ0n) is 14.6. The largest absolute Gasteiger partial charge is 0.493 e. The molecule has 1 amide bonds. The molecule has 2 rings (SSSR count). The maximum atomic E-state index is 11.3. The van der Waals surface area contributed by atoms with Crippen LogP contribution < -0.4 is 14.8 Å². The number of hydrogen-bond donors (Lipinski definition) is 2. The van der Waals surface area contributed by atoms with E-state index in [1.807, 2.05) is 24.3 Å². The summed E-state index contributed by atoms with van der Waals surface area (Å²) >= 11 is 8.54. The number of nitrogens with one attached hydrogen (secondary N) is 1. The van der Waals surface area contributed by atoms with Gasteiger partial charge < -0.3 is 19.9 Å². The van der Waals surface area contributed by atoms with Crippen LogP contribution >= 0.6 is 34.2 Å². The molecule has 0 aromatic heterocycles. The standard InChI is InChI=1S/C19H17ClINO5/c1-11(23)22-16(19(24)25)8-12-7-14(20)18(17(9-12)26-2)27-10-13-5-3-4-6-15(13)21/h3-9H,10H2,1-2H3,(H,22,23)(H,24,25). The molecule has 2 N–H and O–H groups in total. The van der Waals surface area contributed by atoms with E-state index in [1.54, 1.807) is 12.1 Å². The SMILES string of the molecule is COc1cc(C=C(NC(C)=O)C(=O)O)cc(Cl)c1OCc1ccccc1I. The van der Waals surface area contributed by atoms with Gasteiger partial charge in [0.1, 0.15) is 12.3 Å². The number of carboxylic acid groups (broad SMARTS) is 1. The lowest BCUT2D eigenvalue weighted by molar-refractivity contribution is -0.134. The molecule has 2 aromatic rings. The summed E-state index contributed by atoms with van der Waals surface area (Å²) in [5, 5.41) is 11.7. The van der Waals surface area contributed by atoms with Gasteiger partial charge in [0.25, 0.3) is 0 Å². The van der Waals surface area contributed by atoms with E-state index >= 15 is 0 Å². The highest BCUT2D eigenvalue weighted by Crippen LogP contribution is 2.37. The van der Waals surface area contributed by atoms with Crippen LogP contribution in [0.1, 0.15) is 18.1 Å². The van der Waals surface area contributed by atoms with Crippen molar-refractivity contribution >= 4 is 52.1 Å². The number of carboxylic acids is 1. The summed E-state index contributed by atoms with van der Waals surface area (Å²) in [6.07, 6.45) is 1.29. The van der Waals surface area contributed by atoms with Crippen molar-refractivity contribution in [3.8, 4) is 11.5 Å². The molecule has 8 heteroatoms. The van der Waals surface area contributed by atoms with Gasteiger partial charge in [-0.3, -0.25) is 4.79 Å². The first-order valence-corrected chi connectivity index (χ1v) is 9.23. The number of methoxy groups -OCH3 is 1. The Morgan fingerprint density at radius 1 is 1.30 bits per heavy atom. The summed E-state index contributed by atoms with van der Waals surface area (Å²) in [5.41, 5.74) is 1.18. The highest BCUT2D eigenvalue weighted by molar-refractivity contribution is 14.1. The van der Waals surface area contributed by atoms with Crippen molar-refractivity contribution in [1.29, 1.82) is 0 Å². The fourth-order valence-corrected chi connectivity index (χ4v) is 3.05. The highest BCUT2D eigenvalue weighted by Gasteiger charge is 2.15. The molecule has 2 aromatic carbocycles. The van der Waals surface area contributed by atoms with E-state index < -0.39 is 11.9 Å². The van der Waals surface area contributed by atoms with Gasteiger partial charge in [-0.15, -0.1) is 0 Å². The minimum Gasteiger partial charge on any atom is -0.493 e. The third-order valence-electron chi connectivity index (χ3n) is 3.43. The average Bonchev–Trinajstić information content (AvgIpc) is 2.60. The molecule has 0 radical (unpaired) electrons. The Morgan fingerprint density at radius 3 is 2.59 bits per heavy atom. The lowest BCUT2D eigenvalue weighted by Gasteiger charge is -2.14. The smallest absolute Gasteiger partial charge is 0.352 e. The van der Waals surface area contributed by atoms with Crippen LogP contribution in [0.4, 0.5) is 0 Å². The summed E-state index contributed by atoms with van der Waals surface area (Å²) in [4.78, 5) is 22.4. The minimum absolute atomic E-state index is 0.263. The van der Waals surface area contributed by atoms with Crippen LogP contribution in [0.15, 0.2) is 42.1 Å². The van der Waals surface area contributed by atoms with E-state index in [1.165, 1.54) is 20.1 Å². The van der Waals surface area contributed by atoms with E-state index in [4.69, 9.17) is 21.1 Å². The number of benzene rings is 2. The van der Waals surface area contributed by atoms with Crippen molar-refractivity contribution in [3.63, 3.8) is 0 Å². The van der Waals surface area contributed by atoms with Gasteiger partial charge in [0.05, 0.1) is 12.1 Å². The van der Waals surface area contributed by atoms with Gasteiger partial charge >= 0.3 is 5.97 Å². The monoisotopic (exact) mass is 501 g/mol. The molecule has 0 aliphatic rings. The van der Waals surface area contributed by atoms with Gasteiger partial charge in [0.2, 0.25) is 5.91 Å². The van der Waals surface area contributed by atoms with Gasteiger partial charge in [-0.25, -0.2) is 4.79 Å². The summed E-state index contributed by atoms with van der Waals surface area (Å²) in [6.45, 7) is 1.53. The molecule has 0 saturated carbocycles. The number of ether oxygens (including phenoxy) is 2. The van der Waals surface area contributed by atoms with Crippen LogP contribution in [0.2, 0.25) is 5.02 Å². The Labute approximate surface area is 175 Å². The van der Waals surface area contributed by atoms with E-state index in [2.05, 4.69) is 27.9 Å². The van der Waals surface area contributed by atoms with Crippen molar-refractivity contribution < 1.29 is 24.2 Å². The second-order valence-corrected chi connectivity index (χ2v) is 7.03. The average molecular weight is 502 g/mol. The first kappa shape index (κ1) is 21.0. The van der Waals surface area contributed by atoms with E-state index in [0.717, 1.165) is 9.13 Å². The molecule has 142 valence electrons. The Morgan fingerprint density at radius 2 is 2.00 bits per heavy atom. The van der Waals surface area contributed by atoms with E-state index in [-0.39, 0.29) is 10.7 Å². The number of hydrogen-bond acceptors (Lipinski definition) is 4. The molecule has 0 unspecified atom stereocenters. The molecular formula is C19H17ClINO5. The van der Waals surface area contributed by atoms with Crippen LogP contribution in [0.5, 0.6) is 11.5 Å². The zero-order valence-corrected chi connectivity index (χ0v) is 17.5. The topological polar surface area (TPSA) is 84.9 Å². The molecule has 0 atom stereocenters. The molecular weight excluding hydrogens is 485 g/mol. The molecule has 0 fully saturated rings. The molecule has 0 heterocycles. The normalized spacial score (nSPS) is 11.0. The number of amides is 1. The third kappa shape index (κ3) is 5.86. The molecule has 0 spiro atoms. The Hall–Kier alpha value is -2.26. The molecule has 0 aliphatic carbocycles. The van der Waals surface area contributed by atoms with Crippen LogP contribution in [0.25, 0.3) is 6.08 Å². The Balaban J connectivity index is 2.32. The summed E-state index contributed by atoms with van der Waals surface area (Å²) in [5.74, 6) is -1.04.